The Morgan fingerprint density at radius 2 is 1.78 bits per heavy atom. The lowest BCUT2D eigenvalue weighted by molar-refractivity contribution is -0.140. The maximum absolute atomic E-state index is 13.7. The van der Waals surface area contributed by atoms with E-state index in [9.17, 15) is 22.4 Å². The van der Waals surface area contributed by atoms with Crippen LogP contribution < -0.4 is 9.62 Å². The van der Waals surface area contributed by atoms with Crippen LogP contribution in [0.3, 0.4) is 0 Å². The summed E-state index contributed by atoms with van der Waals surface area (Å²) in [6.07, 6.45) is 6.44. The van der Waals surface area contributed by atoms with Gasteiger partial charge in [0, 0.05) is 17.1 Å². The molecule has 0 bridgehead atoms. The third-order valence-electron chi connectivity index (χ3n) is 6.38. The number of rotatable bonds is 10. The van der Waals surface area contributed by atoms with Gasteiger partial charge in [-0.3, -0.25) is 13.9 Å². The van der Waals surface area contributed by atoms with Gasteiger partial charge in [-0.2, -0.15) is 0 Å². The van der Waals surface area contributed by atoms with Crippen molar-refractivity contribution in [3.05, 3.63) is 64.4 Å². The van der Waals surface area contributed by atoms with E-state index in [-0.39, 0.29) is 18.5 Å². The molecule has 10 heteroatoms. The summed E-state index contributed by atoms with van der Waals surface area (Å²) in [6, 6.07) is 11.7. The minimum absolute atomic E-state index is 0.0474. The number of sulfonamides is 1. The van der Waals surface area contributed by atoms with Crippen molar-refractivity contribution in [2.24, 2.45) is 0 Å². The first kappa shape index (κ1) is 28.1. The molecule has 0 saturated heterocycles. The number of halogens is 2. The third-order valence-corrected chi connectivity index (χ3v) is 8.01. The lowest BCUT2D eigenvalue weighted by Crippen LogP contribution is -2.53. The normalized spacial score (nSPS) is 15.2. The average Bonchev–Trinajstić information content (AvgIpc) is 2.83. The Kier molecular flexibility index (Phi) is 9.90. The Bertz CT molecular complexity index is 1150. The molecule has 0 unspecified atom stereocenters. The Balaban J connectivity index is 1.90. The third kappa shape index (κ3) is 7.77. The number of benzene rings is 2. The summed E-state index contributed by atoms with van der Waals surface area (Å²) in [7, 11) is -3.80. The number of carbonyl (C=O) groups is 2. The molecular weight excluding hydrogens is 549 g/mol. The van der Waals surface area contributed by atoms with Gasteiger partial charge >= 0.3 is 0 Å². The molecule has 0 heterocycles. The summed E-state index contributed by atoms with van der Waals surface area (Å²) >= 11 is 3.34. The molecule has 1 atom stereocenters. The number of nitrogens with zero attached hydrogens (tertiary/aromatic N) is 2. The van der Waals surface area contributed by atoms with Crippen molar-refractivity contribution in [3.63, 3.8) is 0 Å². The fourth-order valence-electron chi connectivity index (χ4n) is 4.50. The van der Waals surface area contributed by atoms with Crippen molar-refractivity contribution in [2.45, 2.75) is 64.1 Å². The zero-order chi connectivity index (χ0) is 26.3. The fraction of sp³-hybridized carbons (Fsp3) is 0.462. The van der Waals surface area contributed by atoms with Crippen molar-refractivity contribution >= 4 is 43.5 Å². The highest BCUT2D eigenvalue weighted by Crippen LogP contribution is 2.24. The highest BCUT2D eigenvalue weighted by atomic mass is 79.9. The zero-order valence-corrected chi connectivity index (χ0v) is 23.0. The molecule has 7 nitrogen and oxygen atoms in total. The molecule has 196 valence electrons. The standard InChI is InChI=1S/C26H33BrFN3O4S/c1-3-24(26(33)29-22-9-5-4-6-10-22)30(17-19-12-14-21(28)15-13-19)25(32)18-31(36(2,34)35)23-11-7-8-20(27)16-23/h7-8,11-16,22,24H,3-6,9-10,17-18H2,1-2H3,(H,29,33)/t24-/m0/s1. The van der Waals surface area contributed by atoms with Crippen LogP contribution in [0.2, 0.25) is 0 Å². The highest BCUT2D eigenvalue weighted by Gasteiger charge is 2.32. The molecule has 0 aromatic heterocycles. The van der Waals surface area contributed by atoms with Crippen LogP contribution >= 0.6 is 15.9 Å². The summed E-state index contributed by atoms with van der Waals surface area (Å²) in [5.74, 6) is -1.18. The van der Waals surface area contributed by atoms with Gasteiger partial charge in [-0.15, -0.1) is 0 Å². The first-order chi connectivity index (χ1) is 17.1. The van der Waals surface area contributed by atoms with Gasteiger partial charge in [0.2, 0.25) is 21.8 Å². The molecule has 2 aromatic rings. The summed E-state index contributed by atoms with van der Waals surface area (Å²) in [5.41, 5.74) is 0.976. The van der Waals surface area contributed by atoms with Crippen LogP contribution in [0.5, 0.6) is 0 Å². The van der Waals surface area contributed by atoms with E-state index in [1.54, 1.807) is 36.4 Å². The smallest absolute Gasteiger partial charge is 0.244 e. The van der Waals surface area contributed by atoms with E-state index in [1.165, 1.54) is 17.0 Å². The topological polar surface area (TPSA) is 86.8 Å². The highest BCUT2D eigenvalue weighted by molar-refractivity contribution is 9.10. The maximum atomic E-state index is 13.7. The van der Waals surface area contributed by atoms with E-state index in [2.05, 4.69) is 21.2 Å². The second kappa shape index (κ2) is 12.7. The van der Waals surface area contributed by atoms with Crippen molar-refractivity contribution in [1.29, 1.82) is 0 Å². The molecule has 1 aliphatic rings. The molecule has 3 rings (SSSR count). The van der Waals surface area contributed by atoms with Gasteiger partial charge in [-0.1, -0.05) is 60.3 Å². The minimum Gasteiger partial charge on any atom is -0.352 e. The zero-order valence-electron chi connectivity index (χ0n) is 20.6. The predicted molar refractivity (Wildman–Crippen MR) is 142 cm³/mol. The van der Waals surface area contributed by atoms with E-state index in [0.717, 1.165) is 42.7 Å². The molecule has 1 aliphatic carbocycles. The number of nitrogens with one attached hydrogen (secondary N) is 1. The van der Waals surface area contributed by atoms with E-state index >= 15 is 0 Å². The molecule has 0 spiro atoms. The van der Waals surface area contributed by atoms with Gasteiger partial charge in [-0.25, -0.2) is 12.8 Å². The van der Waals surface area contributed by atoms with Gasteiger partial charge in [0.05, 0.1) is 11.9 Å². The monoisotopic (exact) mass is 581 g/mol. The molecule has 2 amide bonds. The van der Waals surface area contributed by atoms with E-state index in [0.29, 0.717) is 22.1 Å². The van der Waals surface area contributed by atoms with Crippen LogP contribution in [0.1, 0.15) is 51.0 Å². The molecular formula is C26H33BrFN3O4S. The number of carbonyl (C=O) groups excluding carboxylic acids is 2. The van der Waals surface area contributed by atoms with Crippen molar-refractivity contribution in [1.82, 2.24) is 10.2 Å². The van der Waals surface area contributed by atoms with E-state index in [1.807, 2.05) is 6.92 Å². The van der Waals surface area contributed by atoms with Crippen LogP contribution in [0.25, 0.3) is 0 Å². The van der Waals surface area contributed by atoms with Gasteiger partial charge < -0.3 is 10.2 Å². The summed E-state index contributed by atoms with van der Waals surface area (Å²) in [6.45, 7) is 1.40. The molecule has 36 heavy (non-hydrogen) atoms. The first-order valence-electron chi connectivity index (χ1n) is 12.2. The summed E-state index contributed by atoms with van der Waals surface area (Å²) in [5, 5.41) is 3.09. The molecule has 0 radical (unpaired) electrons. The molecule has 0 aliphatic heterocycles. The summed E-state index contributed by atoms with van der Waals surface area (Å²) in [4.78, 5) is 28.4. The molecule has 1 saturated carbocycles. The average molecular weight is 583 g/mol. The van der Waals surface area contributed by atoms with Crippen molar-refractivity contribution in [3.8, 4) is 0 Å². The summed E-state index contributed by atoms with van der Waals surface area (Å²) < 4.78 is 40.5. The second-order valence-electron chi connectivity index (χ2n) is 9.17. The number of anilines is 1. The van der Waals surface area contributed by atoms with Crippen LogP contribution in [-0.4, -0.2) is 50.0 Å². The predicted octanol–water partition coefficient (Wildman–Crippen LogP) is 4.61. The fourth-order valence-corrected chi connectivity index (χ4v) is 5.72. The van der Waals surface area contributed by atoms with Crippen LogP contribution in [0.4, 0.5) is 10.1 Å². The minimum atomic E-state index is -3.80. The Hall–Kier alpha value is -2.46. The Labute approximate surface area is 221 Å². The first-order valence-corrected chi connectivity index (χ1v) is 14.8. The Morgan fingerprint density at radius 3 is 2.36 bits per heavy atom. The molecule has 1 N–H and O–H groups in total. The van der Waals surface area contributed by atoms with E-state index in [4.69, 9.17) is 0 Å². The number of hydrogen-bond acceptors (Lipinski definition) is 4. The van der Waals surface area contributed by atoms with Crippen molar-refractivity contribution < 1.29 is 22.4 Å². The number of amides is 2. The number of hydrogen-bond donors (Lipinski definition) is 1. The lowest BCUT2D eigenvalue weighted by atomic mass is 9.95. The van der Waals surface area contributed by atoms with Crippen molar-refractivity contribution in [2.75, 3.05) is 17.1 Å². The quantitative estimate of drug-likeness (QED) is 0.444. The van der Waals surface area contributed by atoms with E-state index < -0.39 is 34.3 Å². The van der Waals surface area contributed by atoms with Gasteiger partial charge in [0.25, 0.3) is 0 Å². The SMILES string of the molecule is CC[C@@H](C(=O)NC1CCCCC1)N(Cc1ccc(F)cc1)C(=O)CN(c1cccc(Br)c1)S(C)(=O)=O. The van der Waals surface area contributed by atoms with Crippen LogP contribution in [0.15, 0.2) is 53.0 Å². The largest absolute Gasteiger partial charge is 0.352 e. The maximum Gasteiger partial charge on any atom is 0.244 e. The van der Waals surface area contributed by atoms with Gasteiger partial charge in [0.1, 0.15) is 18.4 Å². The van der Waals surface area contributed by atoms with Gasteiger partial charge in [0.15, 0.2) is 0 Å². The molecule has 2 aromatic carbocycles. The molecule has 1 fully saturated rings. The lowest BCUT2D eigenvalue weighted by Gasteiger charge is -2.34. The van der Waals surface area contributed by atoms with Crippen LogP contribution in [-0.2, 0) is 26.2 Å². The van der Waals surface area contributed by atoms with Crippen LogP contribution in [0, 0.1) is 5.82 Å². The van der Waals surface area contributed by atoms with Gasteiger partial charge in [-0.05, 0) is 55.2 Å². The second-order valence-corrected chi connectivity index (χ2v) is 12.0. The Morgan fingerprint density at radius 1 is 1.11 bits per heavy atom.